The van der Waals surface area contributed by atoms with Gasteiger partial charge in [-0.15, -0.1) is 0 Å². The van der Waals surface area contributed by atoms with Gasteiger partial charge in [-0.25, -0.2) is 5.43 Å². The zero-order chi connectivity index (χ0) is 20.2. The Morgan fingerprint density at radius 3 is 2.66 bits per heavy atom. The molecule has 1 heterocycles. The normalized spacial score (nSPS) is 11.4. The van der Waals surface area contributed by atoms with Crippen molar-refractivity contribution >= 4 is 45.5 Å². The Balaban J connectivity index is 1.46. The first kappa shape index (κ1) is 19.0. The Labute approximate surface area is 173 Å². The highest BCUT2D eigenvalue weighted by Crippen LogP contribution is 2.29. The lowest BCUT2D eigenvalue weighted by Gasteiger charge is -2.06. The quantitative estimate of drug-likeness (QED) is 0.362. The highest BCUT2D eigenvalue weighted by Gasteiger charge is 2.09. The first-order valence-electron chi connectivity index (χ1n) is 9.37. The van der Waals surface area contributed by atoms with E-state index in [4.69, 9.17) is 16.3 Å². The Kier molecular flexibility index (Phi) is 5.49. The molecule has 3 aromatic carbocycles. The van der Waals surface area contributed by atoms with Gasteiger partial charge in [0.15, 0.2) is 6.61 Å². The molecular formula is C23H20ClN3O2. The molecule has 0 bridgehead atoms. The molecule has 6 heteroatoms. The van der Waals surface area contributed by atoms with E-state index >= 15 is 0 Å². The first-order chi connectivity index (χ1) is 14.2. The summed E-state index contributed by atoms with van der Waals surface area (Å²) in [6, 6.07) is 21.5. The number of benzene rings is 3. The van der Waals surface area contributed by atoms with Crippen LogP contribution in [0.3, 0.4) is 0 Å². The summed E-state index contributed by atoms with van der Waals surface area (Å²) in [6.07, 6.45) is 1.63. The van der Waals surface area contributed by atoms with Crippen LogP contribution in [-0.4, -0.2) is 23.3 Å². The number of ether oxygens (including phenoxy) is 1. The van der Waals surface area contributed by atoms with E-state index in [1.165, 1.54) is 21.8 Å². The van der Waals surface area contributed by atoms with Gasteiger partial charge < -0.3 is 9.30 Å². The minimum Gasteiger partial charge on any atom is -0.482 e. The Morgan fingerprint density at radius 2 is 1.83 bits per heavy atom. The van der Waals surface area contributed by atoms with Gasteiger partial charge in [0.2, 0.25) is 0 Å². The summed E-state index contributed by atoms with van der Waals surface area (Å²) in [5.41, 5.74) is 5.78. The Morgan fingerprint density at radius 1 is 1.07 bits per heavy atom. The van der Waals surface area contributed by atoms with Crippen LogP contribution in [0.15, 0.2) is 71.8 Å². The zero-order valence-corrected chi connectivity index (χ0v) is 16.7. The van der Waals surface area contributed by atoms with E-state index in [9.17, 15) is 4.79 Å². The largest absolute Gasteiger partial charge is 0.482 e. The fourth-order valence-corrected chi connectivity index (χ4v) is 3.60. The van der Waals surface area contributed by atoms with E-state index < -0.39 is 0 Å². The number of aromatic nitrogens is 1. The van der Waals surface area contributed by atoms with Gasteiger partial charge >= 0.3 is 0 Å². The third-order valence-electron chi connectivity index (χ3n) is 4.71. The fraction of sp³-hybridized carbons (Fsp3) is 0.130. The van der Waals surface area contributed by atoms with Crippen molar-refractivity contribution in [1.29, 1.82) is 0 Å². The van der Waals surface area contributed by atoms with Gasteiger partial charge in [0.1, 0.15) is 5.75 Å². The van der Waals surface area contributed by atoms with E-state index in [-0.39, 0.29) is 12.5 Å². The minimum atomic E-state index is -0.357. The van der Waals surface area contributed by atoms with Crippen LogP contribution in [0.25, 0.3) is 21.8 Å². The molecule has 0 spiro atoms. The van der Waals surface area contributed by atoms with Crippen LogP contribution in [0, 0.1) is 0 Å². The van der Waals surface area contributed by atoms with Crippen LogP contribution in [0.5, 0.6) is 5.75 Å². The summed E-state index contributed by atoms with van der Waals surface area (Å²) in [7, 11) is 0. The van der Waals surface area contributed by atoms with Gasteiger partial charge in [-0.3, -0.25) is 4.79 Å². The molecule has 1 N–H and O–H groups in total. The number of fused-ring (bicyclic) bond motifs is 3. The number of carbonyl (C=O) groups is 1. The Bertz CT molecular complexity index is 1210. The smallest absolute Gasteiger partial charge is 0.277 e. The van der Waals surface area contributed by atoms with Crippen molar-refractivity contribution in [3.8, 4) is 5.75 Å². The number of halogens is 1. The molecule has 0 aliphatic heterocycles. The number of hydrogen-bond acceptors (Lipinski definition) is 3. The van der Waals surface area contributed by atoms with Crippen molar-refractivity contribution < 1.29 is 9.53 Å². The molecule has 4 rings (SSSR count). The summed E-state index contributed by atoms with van der Waals surface area (Å²) in [6.45, 7) is 2.88. The molecule has 0 saturated heterocycles. The van der Waals surface area contributed by atoms with Gasteiger partial charge in [-0.05, 0) is 42.8 Å². The second kappa shape index (κ2) is 8.37. The lowest BCUT2D eigenvalue weighted by atomic mass is 10.1. The monoisotopic (exact) mass is 405 g/mol. The summed E-state index contributed by atoms with van der Waals surface area (Å²) in [5.74, 6) is 0.107. The third-order valence-corrected chi connectivity index (χ3v) is 5.02. The van der Waals surface area contributed by atoms with Gasteiger partial charge in [0.05, 0.1) is 11.2 Å². The topological polar surface area (TPSA) is 55.6 Å². The van der Waals surface area contributed by atoms with Gasteiger partial charge in [0, 0.05) is 28.4 Å². The molecular weight excluding hydrogens is 386 g/mol. The first-order valence-corrected chi connectivity index (χ1v) is 9.75. The molecule has 0 aliphatic rings. The highest BCUT2D eigenvalue weighted by atomic mass is 35.5. The van der Waals surface area contributed by atoms with Gasteiger partial charge in [0.25, 0.3) is 5.91 Å². The van der Waals surface area contributed by atoms with Gasteiger partial charge in [-0.2, -0.15) is 5.10 Å². The lowest BCUT2D eigenvalue weighted by molar-refractivity contribution is -0.123. The van der Waals surface area contributed by atoms with Crippen molar-refractivity contribution in [2.45, 2.75) is 13.5 Å². The molecule has 5 nitrogen and oxygen atoms in total. The maximum absolute atomic E-state index is 12.0. The molecule has 4 aromatic rings. The highest BCUT2D eigenvalue weighted by molar-refractivity contribution is 6.32. The molecule has 0 unspecified atom stereocenters. The second-order valence-corrected chi connectivity index (χ2v) is 6.96. The number of nitrogens with one attached hydrogen (secondary N) is 1. The van der Waals surface area contributed by atoms with E-state index in [2.05, 4.69) is 52.3 Å². The summed E-state index contributed by atoms with van der Waals surface area (Å²) < 4.78 is 7.69. The van der Waals surface area contributed by atoms with Crippen molar-refractivity contribution in [3.05, 3.63) is 77.3 Å². The van der Waals surface area contributed by atoms with Crippen LogP contribution < -0.4 is 10.2 Å². The van der Waals surface area contributed by atoms with Crippen molar-refractivity contribution in [1.82, 2.24) is 9.99 Å². The maximum atomic E-state index is 12.0. The van der Waals surface area contributed by atoms with Crippen LogP contribution in [0.1, 0.15) is 12.5 Å². The molecule has 0 aliphatic carbocycles. The van der Waals surface area contributed by atoms with Crippen molar-refractivity contribution in [2.75, 3.05) is 6.61 Å². The maximum Gasteiger partial charge on any atom is 0.277 e. The zero-order valence-electron chi connectivity index (χ0n) is 15.9. The Hall–Kier alpha value is -3.31. The molecule has 0 atom stereocenters. The van der Waals surface area contributed by atoms with Crippen molar-refractivity contribution in [2.24, 2.45) is 5.10 Å². The molecule has 1 aromatic heterocycles. The van der Waals surface area contributed by atoms with E-state index in [0.29, 0.717) is 10.8 Å². The third kappa shape index (κ3) is 3.96. The van der Waals surface area contributed by atoms with E-state index in [1.54, 1.807) is 30.5 Å². The number of amides is 1. The summed E-state index contributed by atoms with van der Waals surface area (Å²) in [5, 5.41) is 6.88. The number of aryl methyl sites for hydroxylation is 1. The SMILES string of the molecule is CCn1c2ccccc2c2cc(C=NNC(=O)COc3ccccc3Cl)ccc21. The van der Waals surface area contributed by atoms with Crippen LogP contribution in [0.4, 0.5) is 0 Å². The summed E-state index contributed by atoms with van der Waals surface area (Å²) in [4.78, 5) is 12.0. The molecule has 0 fully saturated rings. The molecule has 0 saturated carbocycles. The molecule has 1 amide bonds. The number of nitrogens with zero attached hydrogens (tertiary/aromatic N) is 2. The minimum absolute atomic E-state index is 0.163. The lowest BCUT2D eigenvalue weighted by Crippen LogP contribution is -2.24. The second-order valence-electron chi connectivity index (χ2n) is 6.55. The van der Waals surface area contributed by atoms with Crippen LogP contribution in [-0.2, 0) is 11.3 Å². The molecule has 146 valence electrons. The predicted octanol–water partition coefficient (Wildman–Crippen LogP) is 5.00. The number of hydrogen-bond donors (Lipinski definition) is 1. The number of hydrazone groups is 1. The molecule has 0 radical (unpaired) electrons. The van der Waals surface area contributed by atoms with E-state index in [0.717, 1.165) is 12.1 Å². The molecule has 29 heavy (non-hydrogen) atoms. The van der Waals surface area contributed by atoms with E-state index in [1.807, 2.05) is 12.1 Å². The number of rotatable bonds is 6. The van der Waals surface area contributed by atoms with Crippen LogP contribution >= 0.6 is 11.6 Å². The summed E-state index contributed by atoms with van der Waals surface area (Å²) >= 11 is 6.01. The number of carbonyl (C=O) groups excluding carboxylic acids is 1. The average Bonchev–Trinajstić information content (AvgIpc) is 3.06. The van der Waals surface area contributed by atoms with Crippen molar-refractivity contribution in [3.63, 3.8) is 0 Å². The number of para-hydroxylation sites is 2. The fourth-order valence-electron chi connectivity index (χ4n) is 3.41. The average molecular weight is 406 g/mol. The predicted molar refractivity (Wildman–Crippen MR) is 118 cm³/mol. The standard InChI is InChI=1S/C23H20ClN3O2/c1-2-27-20-9-5-3-7-17(20)18-13-16(11-12-21(18)27)14-25-26-23(28)15-29-22-10-6-4-8-19(22)24/h3-14H,2,15H2,1H3,(H,26,28). The van der Waals surface area contributed by atoms with Crippen LogP contribution in [0.2, 0.25) is 5.02 Å². The van der Waals surface area contributed by atoms with Gasteiger partial charge in [-0.1, -0.05) is 48.0 Å².